The van der Waals surface area contributed by atoms with Crippen LogP contribution >= 0.6 is 0 Å². The zero-order valence-electron chi connectivity index (χ0n) is 10.9. The largest absolute Gasteiger partial charge is 0.481 e. The van der Waals surface area contributed by atoms with E-state index in [0.29, 0.717) is 6.54 Å². The number of carboxylic acid groups (broad SMARTS) is 1. The molecule has 7 heteroatoms. The first-order chi connectivity index (χ1) is 8.35. The van der Waals surface area contributed by atoms with E-state index < -0.39 is 29.6 Å². The lowest BCUT2D eigenvalue weighted by molar-refractivity contribution is -0.142. The summed E-state index contributed by atoms with van der Waals surface area (Å²) in [7, 11) is 1.56. The highest BCUT2D eigenvalue weighted by atomic mass is 16.5. The minimum atomic E-state index is -0.963. The third-order valence-electron chi connectivity index (χ3n) is 2.94. The van der Waals surface area contributed by atoms with E-state index in [1.54, 1.807) is 7.11 Å². The van der Waals surface area contributed by atoms with E-state index in [2.05, 4.69) is 10.6 Å². The van der Waals surface area contributed by atoms with Crippen LogP contribution in [0.15, 0.2) is 0 Å². The van der Waals surface area contributed by atoms with Crippen molar-refractivity contribution in [2.45, 2.75) is 25.5 Å². The van der Waals surface area contributed by atoms with Gasteiger partial charge in [0.1, 0.15) is 5.92 Å². The number of carbonyl (C=O) groups is 2. The van der Waals surface area contributed by atoms with E-state index in [4.69, 9.17) is 14.6 Å². The molecule has 2 unspecified atom stereocenters. The molecule has 0 bridgehead atoms. The van der Waals surface area contributed by atoms with Gasteiger partial charge in [0.05, 0.1) is 24.9 Å². The number of rotatable bonds is 5. The van der Waals surface area contributed by atoms with Crippen molar-refractivity contribution in [2.24, 2.45) is 5.92 Å². The quantitative estimate of drug-likeness (QED) is 0.636. The standard InChI is InChI=1S/C11H20N2O5/c1-11(2,17-3)6-12-10(16)13-8-5-18-4-7(8)9(14)15/h7-8H,4-6H2,1-3H3,(H,14,15)(H2,12,13,16). The minimum Gasteiger partial charge on any atom is -0.481 e. The maximum atomic E-state index is 11.6. The molecular weight excluding hydrogens is 240 g/mol. The fourth-order valence-corrected chi connectivity index (χ4v) is 1.52. The van der Waals surface area contributed by atoms with Crippen molar-refractivity contribution in [1.82, 2.24) is 10.6 Å². The minimum absolute atomic E-state index is 0.129. The Balaban J connectivity index is 2.38. The molecule has 0 aliphatic carbocycles. The van der Waals surface area contributed by atoms with E-state index in [1.165, 1.54) is 0 Å². The maximum absolute atomic E-state index is 11.6. The molecular formula is C11H20N2O5. The van der Waals surface area contributed by atoms with Gasteiger partial charge in [-0.15, -0.1) is 0 Å². The highest BCUT2D eigenvalue weighted by Gasteiger charge is 2.35. The number of hydrogen-bond donors (Lipinski definition) is 3. The number of methoxy groups -OCH3 is 1. The lowest BCUT2D eigenvalue weighted by Gasteiger charge is -2.24. The van der Waals surface area contributed by atoms with E-state index >= 15 is 0 Å². The predicted molar refractivity (Wildman–Crippen MR) is 63.4 cm³/mol. The number of ether oxygens (including phenoxy) is 2. The molecule has 2 amide bonds. The second-order valence-corrected chi connectivity index (χ2v) is 4.88. The van der Waals surface area contributed by atoms with Crippen LogP contribution in [0, 0.1) is 5.92 Å². The first-order valence-electron chi connectivity index (χ1n) is 5.76. The topological polar surface area (TPSA) is 96.9 Å². The summed E-state index contributed by atoms with van der Waals surface area (Å²) in [5.41, 5.74) is -0.463. The molecule has 0 aromatic carbocycles. The van der Waals surface area contributed by atoms with Gasteiger partial charge >= 0.3 is 12.0 Å². The SMILES string of the molecule is COC(C)(C)CNC(=O)NC1COCC1C(=O)O. The summed E-state index contributed by atoms with van der Waals surface area (Å²) in [5, 5.41) is 14.2. The van der Waals surface area contributed by atoms with Crippen LogP contribution in [0.5, 0.6) is 0 Å². The molecule has 1 saturated heterocycles. The number of nitrogens with one attached hydrogen (secondary N) is 2. The second-order valence-electron chi connectivity index (χ2n) is 4.88. The molecule has 3 N–H and O–H groups in total. The Morgan fingerprint density at radius 2 is 2.11 bits per heavy atom. The normalized spacial score (nSPS) is 23.7. The van der Waals surface area contributed by atoms with Gasteiger partial charge in [-0.05, 0) is 13.8 Å². The van der Waals surface area contributed by atoms with Crippen LogP contribution in [-0.4, -0.2) is 55.6 Å². The lowest BCUT2D eigenvalue weighted by Crippen LogP contribution is -2.50. The molecule has 2 atom stereocenters. The van der Waals surface area contributed by atoms with Crippen LogP contribution in [0.3, 0.4) is 0 Å². The summed E-state index contributed by atoms with van der Waals surface area (Å²) in [6, 6.07) is -0.907. The van der Waals surface area contributed by atoms with E-state index in [0.717, 1.165) is 0 Å². The van der Waals surface area contributed by atoms with Crippen molar-refractivity contribution in [2.75, 3.05) is 26.9 Å². The Morgan fingerprint density at radius 1 is 1.44 bits per heavy atom. The number of urea groups is 1. The third kappa shape index (κ3) is 4.15. The molecule has 1 aliphatic heterocycles. The van der Waals surface area contributed by atoms with Crippen molar-refractivity contribution < 1.29 is 24.2 Å². The fourth-order valence-electron chi connectivity index (χ4n) is 1.52. The van der Waals surface area contributed by atoms with Gasteiger partial charge in [0.15, 0.2) is 0 Å². The van der Waals surface area contributed by atoms with Crippen molar-refractivity contribution in [3.63, 3.8) is 0 Å². The van der Waals surface area contributed by atoms with Gasteiger partial charge < -0.3 is 25.2 Å². The van der Waals surface area contributed by atoms with Crippen LogP contribution in [0.25, 0.3) is 0 Å². The highest BCUT2D eigenvalue weighted by Crippen LogP contribution is 2.13. The molecule has 0 radical (unpaired) electrons. The Hall–Kier alpha value is -1.34. The van der Waals surface area contributed by atoms with Crippen molar-refractivity contribution in [3.05, 3.63) is 0 Å². The van der Waals surface area contributed by atoms with Gasteiger partial charge in [0.2, 0.25) is 0 Å². The second kappa shape index (κ2) is 6.01. The van der Waals surface area contributed by atoms with Gasteiger partial charge in [0, 0.05) is 13.7 Å². The Morgan fingerprint density at radius 3 is 2.67 bits per heavy atom. The first kappa shape index (κ1) is 14.7. The van der Waals surface area contributed by atoms with Crippen molar-refractivity contribution in [3.8, 4) is 0 Å². The molecule has 0 saturated carbocycles. The Kier molecular flexibility index (Phi) is 4.92. The van der Waals surface area contributed by atoms with Crippen molar-refractivity contribution in [1.29, 1.82) is 0 Å². The number of aliphatic carboxylic acids is 1. The maximum Gasteiger partial charge on any atom is 0.315 e. The summed E-state index contributed by atoms with van der Waals surface area (Å²) in [4.78, 5) is 22.5. The monoisotopic (exact) mass is 260 g/mol. The molecule has 0 aromatic heterocycles. The summed E-state index contributed by atoms with van der Waals surface area (Å²) >= 11 is 0. The lowest BCUT2D eigenvalue weighted by atomic mass is 10.0. The zero-order valence-corrected chi connectivity index (χ0v) is 10.9. The van der Waals surface area contributed by atoms with Crippen LogP contribution < -0.4 is 10.6 Å². The molecule has 1 heterocycles. The molecule has 18 heavy (non-hydrogen) atoms. The summed E-state index contributed by atoms with van der Waals surface area (Å²) < 4.78 is 10.2. The molecule has 0 spiro atoms. The number of carbonyl (C=O) groups excluding carboxylic acids is 1. The average Bonchev–Trinajstić information content (AvgIpc) is 2.75. The summed E-state index contributed by atoms with van der Waals surface area (Å²) in [6.45, 7) is 4.36. The van der Waals surface area contributed by atoms with Gasteiger partial charge in [0.25, 0.3) is 0 Å². The fraction of sp³-hybridized carbons (Fsp3) is 0.818. The molecule has 104 valence electrons. The Bertz CT molecular complexity index is 319. The predicted octanol–water partition coefficient (Wildman–Crippen LogP) is -0.190. The summed E-state index contributed by atoms with van der Waals surface area (Å²) in [5.74, 6) is -1.65. The van der Waals surface area contributed by atoms with E-state index in [9.17, 15) is 9.59 Å². The molecule has 1 aliphatic rings. The van der Waals surface area contributed by atoms with E-state index in [1.807, 2.05) is 13.8 Å². The van der Waals surface area contributed by atoms with Gasteiger partial charge in [-0.1, -0.05) is 0 Å². The first-order valence-corrected chi connectivity index (χ1v) is 5.76. The number of hydrogen-bond acceptors (Lipinski definition) is 4. The zero-order chi connectivity index (χ0) is 13.8. The average molecular weight is 260 g/mol. The highest BCUT2D eigenvalue weighted by molar-refractivity contribution is 5.77. The molecule has 7 nitrogen and oxygen atoms in total. The van der Waals surface area contributed by atoms with Crippen LogP contribution in [0.4, 0.5) is 4.79 Å². The van der Waals surface area contributed by atoms with Gasteiger partial charge in [-0.3, -0.25) is 4.79 Å². The molecule has 1 fully saturated rings. The van der Waals surface area contributed by atoms with Gasteiger partial charge in [-0.2, -0.15) is 0 Å². The van der Waals surface area contributed by atoms with E-state index in [-0.39, 0.29) is 13.2 Å². The number of amides is 2. The Labute approximate surface area is 106 Å². The van der Waals surface area contributed by atoms with Crippen LogP contribution in [0.2, 0.25) is 0 Å². The number of carboxylic acids is 1. The van der Waals surface area contributed by atoms with Gasteiger partial charge in [-0.25, -0.2) is 4.79 Å². The van der Waals surface area contributed by atoms with Crippen LogP contribution in [0.1, 0.15) is 13.8 Å². The molecule has 1 rings (SSSR count). The van der Waals surface area contributed by atoms with Crippen LogP contribution in [-0.2, 0) is 14.3 Å². The summed E-state index contributed by atoms with van der Waals surface area (Å²) in [6.07, 6.45) is 0. The molecule has 0 aromatic rings. The third-order valence-corrected chi connectivity index (χ3v) is 2.94. The van der Waals surface area contributed by atoms with Crippen molar-refractivity contribution >= 4 is 12.0 Å². The smallest absolute Gasteiger partial charge is 0.315 e.